The number of oxime groups is 1. The predicted octanol–water partition coefficient (Wildman–Crippen LogP) is 1.29. The van der Waals surface area contributed by atoms with E-state index in [2.05, 4.69) is 10.5 Å². The van der Waals surface area contributed by atoms with Gasteiger partial charge in [0.05, 0.1) is 6.04 Å². The zero-order chi connectivity index (χ0) is 10.4. The molecule has 1 rings (SSSR count). The summed E-state index contributed by atoms with van der Waals surface area (Å²) in [5, 5.41) is 14.8. The summed E-state index contributed by atoms with van der Waals surface area (Å²) in [6.07, 6.45) is 6.20. The number of nitrogens with zero attached hydrogens (tertiary/aromatic N) is 1. The summed E-state index contributed by atoms with van der Waals surface area (Å²) in [6.45, 7) is 2.99. The van der Waals surface area contributed by atoms with Gasteiger partial charge >= 0.3 is 0 Å². The van der Waals surface area contributed by atoms with Crippen LogP contribution in [0.1, 0.15) is 39.0 Å². The lowest BCUT2D eigenvalue weighted by Gasteiger charge is -2.14. The van der Waals surface area contributed by atoms with Crippen LogP contribution in [0.5, 0.6) is 0 Å². The minimum absolute atomic E-state index is 0.0270. The molecule has 0 amide bonds. The summed E-state index contributed by atoms with van der Waals surface area (Å²) < 4.78 is 0. The highest BCUT2D eigenvalue weighted by Gasteiger charge is 2.20. The number of hydrogen-bond acceptors (Lipinski definition) is 3. The number of hydrogen-bond donors (Lipinski definition) is 3. The lowest BCUT2D eigenvalue weighted by atomic mass is 10.2. The first kappa shape index (κ1) is 11.3. The van der Waals surface area contributed by atoms with Crippen LogP contribution in [0.15, 0.2) is 5.16 Å². The Kier molecular flexibility index (Phi) is 4.73. The van der Waals surface area contributed by atoms with Gasteiger partial charge in [0.15, 0.2) is 5.84 Å². The normalized spacial score (nSPS) is 19.6. The third-order valence-corrected chi connectivity index (χ3v) is 2.76. The molecule has 1 fully saturated rings. The summed E-state index contributed by atoms with van der Waals surface area (Å²) in [4.78, 5) is 0. The maximum absolute atomic E-state index is 8.51. The first-order chi connectivity index (χ1) is 6.77. The molecule has 1 atom stereocenters. The molecule has 0 radical (unpaired) electrons. The SMILES string of the molecule is CCC(NCCCC1CC1)C(N)=NO. The first-order valence-corrected chi connectivity index (χ1v) is 5.48. The second-order valence-electron chi connectivity index (χ2n) is 4.03. The summed E-state index contributed by atoms with van der Waals surface area (Å²) in [5.74, 6) is 1.28. The van der Waals surface area contributed by atoms with Crippen LogP contribution in [0.2, 0.25) is 0 Å². The average molecular weight is 199 g/mol. The Bertz CT molecular complexity index is 190. The second-order valence-corrected chi connectivity index (χ2v) is 4.03. The minimum Gasteiger partial charge on any atom is -0.409 e. The van der Waals surface area contributed by atoms with Crippen molar-refractivity contribution in [3.8, 4) is 0 Å². The fourth-order valence-corrected chi connectivity index (χ4v) is 1.60. The molecule has 0 aliphatic heterocycles. The van der Waals surface area contributed by atoms with Gasteiger partial charge in [-0.2, -0.15) is 0 Å². The molecular weight excluding hydrogens is 178 g/mol. The van der Waals surface area contributed by atoms with Crippen molar-refractivity contribution in [2.45, 2.75) is 45.1 Å². The van der Waals surface area contributed by atoms with Crippen molar-refractivity contribution in [3.63, 3.8) is 0 Å². The molecule has 1 unspecified atom stereocenters. The van der Waals surface area contributed by atoms with Crippen LogP contribution in [0.4, 0.5) is 0 Å². The van der Waals surface area contributed by atoms with Gasteiger partial charge in [0.2, 0.25) is 0 Å². The fourth-order valence-electron chi connectivity index (χ4n) is 1.60. The van der Waals surface area contributed by atoms with Gasteiger partial charge in [-0.05, 0) is 31.7 Å². The van der Waals surface area contributed by atoms with Crippen LogP contribution < -0.4 is 11.1 Å². The van der Waals surface area contributed by atoms with E-state index >= 15 is 0 Å². The molecule has 82 valence electrons. The van der Waals surface area contributed by atoms with Gasteiger partial charge in [-0.15, -0.1) is 0 Å². The highest BCUT2D eigenvalue weighted by atomic mass is 16.4. The minimum atomic E-state index is 0.0270. The van der Waals surface area contributed by atoms with Gasteiger partial charge < -0.3 is 16.3 Å². The second kappa shape index (κ2) is 5.86. The Morgan fingerprint density at radius 2 is 2.36 bits per heavy atom. The Labute approximate surface area is 85.6 Å². The van der Waals surface area contributed by atoms with E-state index < -0.39 is 0 Å². The molecule has 1 aliphatic carbocycles. The Morgan fingerprint density at radius 3 is 2.86 bits per heavy atom. The molecule has 0 heterocycles. The topological polar surface area (TPSA) is 70.6 Å². The Hall–Kier alpha value is -0.770. The number of amidine groups is 1. The molecule has 0 saturated heterocycles. The molecule has 4 heteroatoms. The highest BCUT2D eigenvalue weighted by Crippen LogP contribution is 2.33. The molecule has 0 aromatic rings. The van der Waals surface area contributed by atoms with Crippen LogP contribution in [0, 0.1) is 5.92 Å². The van der Waals surface area contributed by atoms with E-state index in [1.54, 1.807) is 0 Å². The Balaban J connectivity index is 2.06. The molecule has 4 N–H and O–H groups in total. The highest BCUT2D eigenvalue weighted by molar-refractivity contribution is 5.85. The molecular formula is C10H21N3O. The lowest BCUT2D eigenvalue weighted by Crippen LogP contribution is -2.41. The van der Waals surface area contributed by atoms with E-state index in [1.807, 2.05) is 6.92 Å². The quantitative estimate of drug-likeness (QED) is 0.190. The van der Waals surface area contributed by atoms with Crippen LogP contribution >= 0.6 is 0 Å². The zero-order valence-corrected chi connectivity index (χ0v) is 8.87. The van der Waals surface area contributed by atoms with Gasteiger partial charge in [0, 0.05) is 0 Å². The first-order valence-electron chi connectivity index (χ1n) is 5.48. The van der Waals surface area contributed by atoms with E-state index in [0.29, 0.717) is 5.84 Å². The fraction of sp³-hybridized carbons (Fsp3) is 0.900. The van der Waals surface area contributed by atoms with Gasteiger partial charge in [0.1, 0.15) is 0 Å². The van der Waals surface area contributed by atoms with Crippen molar-refractivity contribution in [1.29, 1.82) is 0 Å². The van der Waals surface area contributed by atoms with Crippen LogP contribution in [-0.2, 0) is 0 Å². The molecule has 1 saturated carbocycles. The maximum atomic E-state index is 8.51. The number of rotatable bonds is 7. The molecule has 0 spiro atoms. The van der Waals surface area contributed by atoms with Crippen molar-refractivity contribution < 1.29 is 5.21 Å². The predicted molar refractivity (Wildman–Crippen MR) is 57.4 cm³/mol. The smallest absolute Gasteiger partial charge is 0.156 e. The zero-order valence-electron chi connectivity index (χ0n) is 8.87. The van der Waals surface area contributed by atoms with Crippen molar-refractivity contribution in [2.24, 2.45) is 16.8 Å². The van der Waals surface area contributed by atoms with Gasteiger partial charge in [-0.3, -0.25) is 0 Å². The van der Waals surface area contributed by atoms with Gasteiger partial charge in [0.25, 0.3) is 0 Å². The lowest BCUT2D eigenvalue weighted by molar-refractivity contribution is 0.314. The maximum Gasteiger partial charge on any atom is 0.156 e. The molecule has 14 heavy (non-hydrogen) atoms. The van der Waals surface area contributed by atoms with Crippen LogP contribution in [0.25, 0.3) is 0 Å². The largest absolute Gasteiger partial charge is 0.409 e. The average Bonchev–Trinajstić information content (AvgIpc) is 3.01. The van der Waals surface area contributed by atoms with Crippen molar-refractivity contribution in [3.05, 3.63) is 0 Å². The molecule has 0 aromatic carbocycles. The number of nitrogens with two attached hydrogens (primary N) is 1. The third-order valence-electron chi connectivity index (χ3n) is 2.76. The summed E-state index contributed by atoms with van der Waals surface area (Å²) in [5.41, 5.74) is 5.52. The molecule has 4 nitrogen and oxygen atoms in total. The molecule has 0 aromatic heterocycles. The van der Waals surface area contributed by atoms with Crippen LogP contribution in [0.3, 0.4) is 0 Å². The van der Waals surface area contributed by atoms with E-state index in [9.17, 15) is 0 Å². The van der Waals surface area contributed by atoms with Gasteiger partial charge in [-0.1, -0.05) is 24.9 Å². The van der Waals surface area contributed by atoms with E-state index in [0.717, 1.165) is 18.9 Å². The van der Waals surface area contributed by atoms with Crippen molar-refractivity contribution >= 4 is 5.84 Å². The molecule has 1 aliphatic rings. The third kappa shape index (κ3) is 3.96. The van der Waals surface area contributed by atoms with E-state index in [4.69, 9.17) is 10.9 Å². The van der Waals surface area contributed by atoms with E-state index in [1.165, 1.54) is 25.7 Å². The summed E-state index contributed by atoms with van der Waals surface area (Å²) in [7, 11) is 0. The molecule has 0 bridgehead atoms. The number of nitrogens with one attached hydrogen (secondary N) is 1. The van der Waals surface area contributed by atoms with Crippen LogP contribution in [-0.4, -0.2) is 23.6 Å². The summed E-state index contributed by atoms with van der Waals surface area (Å²) in [6, 6.07) is 0.0270. The standard InChI is InChI=1S/C10H21N3O/c1-2-9(10(11)13-14)12-7-3-4-8-5-6-8/h8-9,12,14H,2-7H2,1H3,(H2,11,13). The van der Waals surface area contributed by atoms with E-state index in [-0.39, 0.29) is 6.04 Å². The van der Waals surface area contributed by atoms with Crippen molar-refractivity contribution in [2.75, 3.05) is 6.54 Å². The summed E-state index contributed by atoms with van der Waals surface area (Å²) >= 11 is 0. The van der Waals surface area contributed by atoms with Gasteiger partial charge in [-0.25, -0.2) is 0 Å². The Morgan fingerprint density at radius 1 is 1.64 bits per heavy atom. The monoisotopic (exact) mass is 199 g/mol. The van der Waals surface area contributed by atoms with Crippen molar-refractivity contribution in [1.82, 2.24) is 5.32 Å².